The quantitative estimate of drug-likeness (QED) is 0.492. The lowest BCUT2D eigenvalue weighted by atomic mass is 9.89. The smallest absolute Gasteiger partial charge is 0.333 e. The van der Waals surface area contributed by atoms with Crippen molar-refractivity contribution in [1.82, 2.24) is 4.98 Å². The molecule has 0 fully saturated rings. The molecule has 0 saturated heterocycles. The van der Waals surface area contributed by atoms with Crippen LogP contribution in [0.3, 0.4) is 0 Å². The lowest BCUT2D eigenvalue weighted by molar-refractivity contribution is -0.386. The zero-order valence-electron chi connectivity index (χ0n) is 10.4. The van der Waals surface area contributed by atoms with Gasteiger partial charge in [-0.05, 0) is 26.8 Å². The van der Waals surface area contributed by atoms with Crippen LogP contribution in [0.4, 0.5) is 5.69 Å². The third kappa shape index (κ3) is 2.55. The van der Waals surface area contributed by atoms with Crippen molar-refractivity contribution in [3.8, 4) is 0 Å². The van der Waals surface area contributed by atoms with E-state index in [0.29, 0.717) is 0 Å². The number of nitro groups is 1. The highest BCUT2D eigenvalue weighted by atomic mass is 16.6. The van der Waals surface area contributed by atoms with Gasteiger partial charge in [0.05, 0.1) is 11.5 Å². The van der Waals surface area contributed by atoms with E-state index in [1.807, 2.05) is 0 Å². The molecule has 0 aliphatic carbocycles. The Morgan fingerprint density at radius 3 is 2.56 bits per heavy atom. The zero-order chi connectivity index (χ0) is 13.9. The molecular weight excluding hydrogens is 240 g/mol. The van der Waals surface area contributed by atoms with Crippen molar-refractivity contribution in [2.45, 2.75) is 26.2 Å². The average Bonchev–Trinajstić information content (AvgIpc) is 2.28. The summed E-state index contributed by atoms with van der Waals surface area (Å²) in [7, 11) is 0. The minimum atomic E-state index is -1.07. The number of carbonyl (C=O) groups excluding carboxylic acids is 1. The molecule has 0 aromatic carbocycles. The minimum Gasteiger partial charge on any atom is -0.465 e. The number of hydrogen-bond acceptors (Lipinski definition) is 5. The number of nitrogens with zero attached hydrogens (tertiary/aromatic N) is 1. The van der Waals surface area contributed by atoms with E-state index < -0.39 is 27.6 Å². The number of ether oxygens (including phenoxy) is 1. The van der Waals surface area contributed by atoms with Gasteiger partial charge in [0.15, 0.2) is 0 Å². The number of H-pyrrole nitrogens is 1. The monoisotopic (exact) mass is 254 g/mol. The Hall–Kier alpha value is -2.18. The fourth-order valence-corrected chi connectivity index (χ4v) is 1.40. The maximum absolute atomic E-state index is 11.7. The van der Waals surface area contributed by atoms with Crippen molar-refractivity contribution in [3.63, 3.8) is 0 Å². The van der Waals surface area contributed by atoms with Crippen LogP contribution in [0.15, 0.2) is 16.9 Å². The predicted molar refractivity (Wildman–Crippen MR) is 63.4 cm³/mol. The molecule has 0 amide bonds. The highest BCUT2D eigenvalue weighted by Gasteiger charge is 2.33. The van der Waals surface area contributed by atoms with Crippen molar-refractivity contribution in [3.05, 3.63) is 38.3 Å². The topological polar surface area (TPSA) is 102 Å². The summed E-state index contributed by atoms with van der Waals surface area (Å²) in [4.78, 5) is 35.3. The van der Waals surface area contributed by atoms with Crippen LogP contribution in [0.5, 0.6) is 0 Å². The van der Waals surface area contributed by atoms with Crippen molar-refractivity contribution in [2.75, 3.05) is 6.61 Å². The molecule has 98 valence electrons. The third-order valence-corrected chi connectivity index (χ3v) is 2.54. The Bertz CT molecular complexity index is 532. The van der Waals surface area contributed by atoms with Gasteiger partial charge < -0.3 is 9.72 Å². The first-order chi connectivity index (χ1) is 8.30. The molecule has 7 heteroatoms. The van der Waals surface area contributed by atoms with Gasteiger partial charge in [-0.1, -0.05) is 0 Å². The van der Waals surface area contributed by atoms with E-state index in [0.717, 1.165) is 6.07 Å². The van der Waals surface area contributed by atoms with E-state index in [-0.39, 0.29) is 12.3 Å². The normalized spacial score (nSPS) is 11.1. The fourth-order valence-electron chi connectivity index (χ4n) is 1.40. The van der Waals surface area contributed by atoms with Crippen LogP contribution in [0.1, 0.15) is 26.5 Å². The number of aromatic amines is 1. The largest absolute Gasteiger partial charge is 0.465 e. The first-order valence-corrected chi connectivity index (χ1v) is 5.36. The van der Waals surface area contributed by atoms with Gasteiger partial charge in [0.2, 0.25) is 0 Å². The molecule has 0 spiro atoms. The summed E-state index contributed by atoms with van der Waals surface area (Å²) < 4.78 is 4.88. The number of aromatic nitrogens is 1. The van der Waals surface area contributed by atoms with Crippen LogP contribution in [-0.2, 0) is 14.9 Å². The van der Waals surface area contributed by atoms with E-state index in [1.165, 1.54) is 6.07 Å². The van der Waals surface area contributed by atoms with Crippen LogP contribution < -0.4 is 5.56 Å². The number of carbonyl (C=O) groups is 1. The fraction of sp³-hybridized carbons (Fsp3) is 0.455. The highest BCUT2D eigenvalue weighted by molar-refractivity contribution is 5.81. The lowest BCUT2D eigenvalue weighted by Gasteiger charge is -2.21. The summed E-state index contributed by atoms with van der Waals surface area (Å²) in [6.07, 6.45) is 0. The number of pyridine rings is 1. The van der Waals surface area contributed by atoms with Gasteiger partial charge in [-0.15, -0.1) is 0 Å². The van der Waals surface area contributed by atoms with Crippen LogP contribution in [0.25, 0.3) is 0 Å². The molecular formula is C11H14N2O5. The maximum Gasteiger partial charge on any atom is 0.333 e. The summed E-state index contributed by atoms with van der Waals surface area (Å²) in [5, 5.41) is 10.5. The molecule has 7 nitrogen and oxygen atoms in total. The Kier molecular flexibility index (Phi) is 3.85. The van der Waals surface area contributed by atoms with Crippen LogP contribution >= 0.6 is 0 Å². The van der Waals surface area contributed by atoms with Crippen molar-refractivity contribution >= 4 is 11.7 Å². The summed E-state index contributed by atoms with van der Waals surface area (Å²) in [6, 6.07) is 2.42. The van der Waals surface area contributed by atoms with Crippen molar-refractivity contribution in [1.29, 1.82) is 0 Å². The molecule has 0 aliphatic heterocycles. The Morgan fingerprint density at radius 1 is 1.50 bits per heavy atom. The van der Waals surface area contributed by atoms with Crippen molar-refractivity contribution in [2.24, 2.45) is 0 Å². The Labute approximate surface area is 103 Å². The standard InChI is InChI=1S/C11H14N2O5/c1-4-18-10(15)11(2,3)8-6-5-7(13(16)17)9(14)12-8/h5-6H,4H2,1-3H3,(H,12,14). The van der Waals surface area contributed by atoms with Gasteiger partial charge in [-0.25, -0.2) is 0 Å². The van der Waals surface area contributed by atoms with Crippen LogP contribution in [0, 0.1) is 10.1 Å². The van der Waals surface area contributed by atoms with E-state index in [1.54, 1.807) is 20.8 Å². The Morgan fingerprint density at radius 2 is 2.11 bits per heavy atom. The molecule has 1 N–H and O–H groups in total. The molecule has 1 aromatic heterocycles. The SMILES string of the molecule is CCOC(=O)C(C)(C)c1ccc([N+](=O)[O-])c(=O)[nH]1. The molecule has 0 bridgehead atoms. The first-order valence-electron chi connectivity index (χ1n) is 5.36. The second-order valence-electron chi connectivity index (χ2n) is 4.19. The molecule has 0 aliphatic rings. The molecule has 18 heavy (non-hydrogen) atoms. The molecule has 0 saturated carbocycles. The number of esters is 1. The number of rotatable bonds is 4. The zero-order valence-corrected chi connectivity index (χ0v) is 10.4. The van der Waals surface area contributed by atoms with E-state index in [9.17, 15) is 19.7 Å². The summed E-state index contributed by atoms with van der Waals surface area (Å²) in [5.41, 5.74) is -2.19. The molecule has 0 radical (unpaired) electrons. The summed E-state index contributed by atoms with van der Waals surface area (Å²) in [5.74, 6) is -0.505. The average molecular weight is 254 g/mol. The van der Waals surface area contributed by atoms with E-state index >= 15 is 0 Å². The maximum atomic E-state index is 11.7. The van der Waals surface area contributed by atoms with Crippen molar-refractivity contribution < 1.29 is 14.5 Å². The van der Waals surface area contributed by atoms with Gasteiger partial charge in [0, 0.05) is 11.8 Å². The summed E-state index contributed by atoms with van der Waals surface area (Å²) in [6.45, 7) is 5.04. The van der Waals surface area contributed by atoms with Gasteiger partial charge in [0.1, 0.15) is 5.41 Å². The predicted octanol–water partition coefficient (Wildman–Crippen LogP) is 1.12. The highest BCUT2D eigenvalue weighted by Crippen LogP contribution is 2.22. The molecule has 1 rings (SSSR count). The molecule has 0 atom stereocenters. The lowest BCUT2D eigenvalue weighted by Crippen LogP contribution is -2.33. The van der Waals surface area contributed by atoms with Gasteiger partial charge >= 0.3 is 17.2 Å². The van der Waals surface area contributed by atoms with E-state index in [4.69, 9.17) is 4.74 Å². The van der Waals surface area contributed by atoms with Crippen LogP contribution in [0.2, 0.25) is 0 Å². The number of nitrogens with one attached hydrogen (secondary N) is 1. The third-order valence-electron chi connectivity index (χ3n) is 2.54. The van der Waals surface area contributed by atoms with Gasteiger partial charge in [0.25, 0.3) is 0 Å². The second-order valence-corrected chi connectivity index (χ2v) is 4.19. The van der Waals surface area contributed by atoms with Crippen LogP contribution in [-0.4, -0.2) is 22.5 Å². The van der Waals surface area contributed by atoms with Gasteiger partial charge in [-0.2, -0.15) is 0 Å². The molecule has 1 heterocycles. The molecule has 0 unspecified atom stereocenters. The first kappa shape index (κ1) is 13.9. The van der Waals surface area contributed by atoms with E-state index in [2.05, 4.69) is 4.98 Å². The Balaban J connectivity index is 3.19. The summed E-state index contributed by atoms with van der Waals surface area (Å²) >= 11 is 0. The minimum absolute atomic E-state index is 0.222. The molecule has 1 aromatic rings. The number of hydrogen-bond donors (Lipinski definition) is 1. The van der Waals surface area contributed by atoms with Gasteiger partial charge in [-0.3, -0.25) is 19.7 Å². The second kappa shape index (κ2) is 4.99.